The highest BCUT2D eigenvalue weighted by Gasteiger charge is 2.17. The maximum Gasteiger partial charge on any atom is 0.256 e. The highest BCUT2D eigenvalue weighted by Crippen LogP contribution is 2.30. The molecule has 3 heterocycles. The normalized spacial score (nSPS) is 14.2. The van der Waals surface area contributed by atoms with E-state index < -0.39 is 11.4 Å². The molecule has 3 N–H and O–H groups in total. The molecular weight excluding hydrogens is 473 g/mol. The molecule has 1 aliphatic heterocycles. The first kappa shape index (κ1) is 24.8. The summed E-state index contributed by atoms with van der Waals surface area (Å²) in [5, 5.41) is 6.42. The van der Waals surface area contributed by atoms with Gasteiger partial charge in [-0.1, -0.05) is 25.4 Å². The van der Waals surface area contributed by atoms with Crippen molar-refractivity contribution < 1.29 is 13.9 Å². The number of carbonyl (C=O) groups excluding carboxylic acids is 1. The average molecular weight is 500 g/mol. The van der Waals surface area contributed by atoms with E-state index in [-0.39, 0.29) is 29.5 Å². The van der Waals surface area contributed by atoms with Gasteiger partial charge in [0, 0.05) is 47.3 Å². The second-order valence-electron chi connectivity index (χ2n) is 8.61. The van der Waals surface area contributed by atoms with Crippen molar-refractivity contribution in [1.82, 2.24) is 14.9 Å². The van der Waals surface area contributed by atoms with Crippen LogP contribution in [-0.4, -0.2) is 53.6 Å². The number of rotatable bonds is 7. The number of aromatic amines is 1. The van der Waals surface area contributed by atoms with E-state index >= 15 is 0 Å². The predicted molar refractivity (Wildman–Crippen MR) is 135 cm³/mol. The van der Waals surface area contributed by atoms with Crippen LogP contribution in [-0.2, 0) is 9.53 Å². The second-order valence-corrected chi connectivity index (χ2v) is 9.05. The van der Waals surface area contributed by atoms with Gasteiger partial charge in [-0.2, -0.15) is 0 Å². The van der Waals surface area contributed by atoms with Gasteiger partial charge < -0.3 is 20.4 Å². The van der Waals surface area contributed by atoms with Gasteiger partial charge in [-0.05, 0) is 36.2 Å². The fourth-order valence-corrected chi connectivity index (χ4v) is 4.06. The fraction of sp³-hybridized carbons (Fsp3) is 0.320. The molecule has 2 aromatic heterocycles. The van der Waals surface area contributed by atoms with Crippen molar-refractivity contribution in [3.05, 3.63) is 69.5 Å². The van der Waals surface area contributed by atoms with E-state index in [0.717, 1.165) is 0 Å². The molecule has 0 radical (unpaired) electrons. The number of ether oxygens (including phenoxy) is 1. The zero-order valence-electron chi connectivity index (χ0n) is 19.5. The monoisotopic (exact) mass is 499 g/mol. The Kier molecular flexibility index (Phi) is 7.80. The fourth-order valence-electron chi connectivity index (χ4n) is 3.88. The van der Waals surface area contributed by atoms with Crippen LogP contribution in [0.5, 0.6) is 0 Å². The first-order chi connectivity index (χ1) is 16.8. The van der Waals surface area contributed by atoms with E-state index in [0.29, 0.717) is 54.2 Å². The molecule has 0 bridgehead atoms. The molecule has 8 nitrogen and oxygen atoms in total. The number of anilines is 3. The molecule has 1 aliphatic rings. The van der Waals surface area contributed by atoms with Gasteiger partial charge in [0.15, 0.2) is 0 Å². The molecule has 1 aromatic carbocycles. The summed E-state index contributed by atoms with van der Waals surface area (Å²) < 4.78 is 19.8. The molecule has 35 heavy (non-hydrogen) atoms. The minimum absolute atomic E-state index is 0.0157. The molecule has 0 unspecified atom stereocenters. The average Bonchev–Trinajstić information content (AvgIpc) is 2.82. The number of nitrogens with zero attached hydrogens (tertiary/aromatic N) is 2. The van der Waals surface area contributed by atoms with Crippen molar-refractivity contribution >= 4 is 34.7 Å². The minimum atomic E-state index is -0.544. The van der Waals surface area contributed by atoms with E-state index in [1.807, 2.05) is 18.7 Å². The number of hydrogen-bond donors (Lipinski definition) is 3. The van der Waals surface area contributed by atoms with E-state index in [1.165, 1.54) is 18.2 Å². The number of amides is 1. The highest BCUT2D eigenvalue weighted by atomic mass is 35.5. The van der Waals surface area contributed by atoms with Gasteiger partial charge in [0.05, 0.1) is 31.0 Å². The first-order valence-electron chi connectivity index (χ1n) is 11.4. The Morgan fingerprint density at radius 1 is 1.20 bits per heavy atom. The van der Waals surface area contributed by atoms with Crippen molar-refractivity contribution in [2.45, 2.75) is 19.8 Å². The van der Waals surface area contributed by atoms with Gasteiger partial charge in [0.1, 0.15) is 11.6 Å². The van der Waals surface area contributed by atoms with Gasteiger partial charge in [0.25, 0.3) is 5.56 Å². The topological polar surface area (TPSA) is 99.3 Å². The quantitative estimate of drug-likeness (QED) is 0.446. The number of hydrogen-bond acceptors (Lipinski definition) is 6. The maximum absolute atomic E-state index is 14.5. The number of pyridine rings is 2. The molecule has 10 heteroatoms. The van der Waals surface area contributed by atoms with Gasteiger partial charge in [0.2, 0.25) is 5.91 Å². The van der Waals surface area contributed by atoms with Crippen LogP contribution < -0.4 is 16.2 Å². The summed E-state index contributed by atoms with van der Waals surface area (Å²) in [6.07, 6.45) is 1.57. The third-order valence-corrected chi connectivity index (χ3v) is 5.88. The SMILES string of the molecule is CC(C)c1[nH]c(=O)c(-c2cc(Cl)ccc2F)cc1Nc1ccnc(NC(=O)CN2CCOCC2)c1. The number of morpholine rings is 1. The van der Waals surface area contributed by atoms with Crippen molar-refractivity contribution in [2.24, 2.45) is 0 Å². The Bertz CT molecular complexity index is 1270. The van der Waals surface area contributed by atoms with E-state index in [9.17, 15) is 14.0 Å². The summed E-state index contributed by atoms with van der Waals surface area (Å²) in [6.45, 7) is 6.80. The zero-order valence-corrected chi connectivity index (χ0v) is 20.3. The molecule has 1 saturated heterocycles. The molecular formula is C25H27ClFN5O3. The van der Waals surface area contributed by atoms with Crippen LogP contribution >= 0.6 is 11.6 Å². The molecule has 1 fully saturated rings. The molecule has 1 amide bonds. The third-order valence-electron chi connectivity index (χ3n) is 5.64. The number of benzene rings is 1. The minimum Gasteiger partial charge on any atom is -0.379 e. The van der Waals surface area contributed by atoms with Crippen LogP contribution in [0.1, 0.15) is 25.5 Å². The van der Waals surface area contributed by atoms with Crippen LogP contribution in [0.2, 0.25) is 5.02 Å². The third kappa shape index (κ3) is 6.25. The van der Waals surface area contributed by atoms with E-state index in [1.54, 1.807) is 24.4 Å². The number of nitrogens with one attached hydrogen (secondary N) is 3. The second kappa shape index (κ2) is 11.0. The lowest BCUT2D eigenvalue weighted by Gasteiger charge is -2.25. The Balaban J connectivity index is 1.59. The first-order valence-corrected chi connectivity index (χ1v) is 11.7. The van der Waals surface area contributed by atoms with E-state index in [2.05, 4.69) is 20.6 Å². The number of halogens is 2. The van der Waals surface area contributed by atoms with Gasteiger partial charge in [-0.25, -0.2) is 9.37 Å². The van der Waals surface area contributed by atoms with Crippen molar-refractivity contribution in [3.8, 4) is 11.1 Å². The molecule has 184 valence electrons. The maximum atomic E-state index is 14.5. The zero-order chi connectivity index (χ0) is 24.9. The van der Waals surface area contributed by atoms with Gasteiger partial charge >= 0.3 is 0 Å². The largest absolute Gasteiger partial charge is 0.379 e. The van der Waals surface area contributed by atoms with Gasteiger partial charge in [-0.15, -0.1) is 0 Å². The van der Waals surface area contributed by atoms with Crippen LogP contribution in [0.4, 0.5) is 21.6 Å². The molecule has 0 aliphatic carbocycles. The summed E-state index contributed by atoms with van der Waals surface area (Å²) in [4.78, 5) is 34.4. The smallest absolute Gasteiger partial charge is 0.256 e. The summed E-state index contributed by atoms with van der Waals surface area (Å²) in [7, 11) is 0. The van der Waals surface area contributed by atoms with Crippen LogP contribution in [0.25, 0.3) is 11.1 Å². The molecule has 3 aromatic rings. The lowest BCUT2D eigenvalue weighted by molar-refractivity contribution is -0.118. The van der Waals surface area contributed by atoms with Gasteiger partial charge in [-0.3, -0.25) is 14.5 Å². The lowest BCUT2D eigenvalue weighted by atomic mass is 10.0. The van der Waals surface area contributed by atoms with Crippen LogP contribution in [0, 0.1) is 5.82 Å². The Morgan fingerprint density at radius 2 is 1.97 bits per heavy atom. The number of aromatic nitrogens is 2. The van der Waals surface area contributed by atoms with Crippen molar-refractivity contribution in [1.29, 1.82) is 0 Å². The van der Waals surface area contributed by atoms with Crippen molar-refractivity contribution in [3.63, 3.8) is 0 Å². The number of H-pyrrole nitrogens is 1. The van der Waals surface area contributed by atoms with Crippen molar-refractivity contribution in [2.75, 3.05) is 43.5 Å². The Morgan fingerprint density at radius 3 is 2.71 bits per heavy atom. The summed E-state index contributed by atoms with van der Waals surface area (Å²) in [5.41, 5.74) is 1.77. The predicted octanol–water partition coefficient (Wildman–Crippen LogP) is 4.37. The van der Waals surface area contributed by atoms with Crippen LogP contribution in [0.3, 0.4) is 0 Å². The Labute approximate surface area is 207 Å². The summed E-state index contributed by atoms with van der Waals surface area (Å²) >= 11 is 6.05. The Hall–Kier alpha value is -3.27. The summed E-state index contributed by atoms with van der Waals surface area (Å²) in [6, 6.07) is 9.14. The number of carbonyl (C=O) groups is 1. The molecule has 0 atom stereocenters. The van der Waals surface area contributed by atoms with Crippen LogP contribution in [0.15, 0.2) is 47.4 Å². The molecule has 0 spiro atoms. The molecule has 4 rings (SSSR count). The highest BCUT2D eigenvalue weighted by molar-refractivity contribution is 6.30. The standard InChI is InChI=1S/C25H27ClFN5O3/c1-15(2)24-21(13-19(25(34)31-24)18-11-16(26)3-4-20(18)27)29-17-5-6-28-22(12-17)30-23(33)14-32-7-9-35-10-8-32/h3-6,11-13,15H,7-10,14H2,1-2H3,(H,31,34)(H2,28,29,30,33). The lowest BCUT2D eigenvalue weighted by Crippen LogP contribution is -2.41. The summed E-state index contributed by atoms with van der Waals surface area (Å²) in [5.74, 6) is -0.331. The van der Waals surface area contributed by atoms with E-state index in [4.69, 9.17) is 16.3 Å². The molecule has 0 saturated carbocycles.